The molecule has 2 aromatic carbocycles. The highest BCUT2D eigenvalue weighted by Gasteiger charge is 2.43. The number of fused-ring (bicyclic) bond motifs is 1. The summed E-state index contributed by atoms with van der Waals surface area (Å²) in [6, 6.07) is 17.9. The zero-order valence-electron chi connectivity index (χ0n) is 18.4. The monoisotopic (exact) mass is 477 g/mol. The van der Waals surface area contributed by atoms with Crippen LogP contribution in [0.2, 0.25) is 5.02 Å². The van der Waals surface area contributed by atoms with Crippen molar-refractivity contribution in [2.75, 3.05) is 15.5 Å². The maximum atomic E-state index is 13.8. The molecule has 3 aromatic rings. The van der Waals surface area contributed by atoms with Gasteiger partial charge in [-0.3, -0.25) is 9.69 Å². The van der Waals surface area contributed by atoms with Crippen LogP contribution in [0.3, 0.4) is 0 Å². The number of nitrogens with zero attached hydrogens (tertiary/aromatic N) is 1. The minimum absolute atomic E-state index is 0.0653. The highest BCUT2D eigenvalue weighted by molar-refractivity contribution is 7.10. The molecule has 33 heavy (non-hydrogen) atoms. The van der Waals surface area contributed by atoms with Gasteiger partial charge in [0.05, 0.1) is 22.1 Å². The molecule has 2 aliphatic rings. The average molecular weight is 478 g/mol. The second kappa shape index (κ2) is 8.36. The lowest BCUT2D eigenvalue weighted by molar-refractivity contribution is -0.118. The Hall–Kier alpha value is -3.09. The van der Waals surface area contributed by atoms with E-state index in [2.05, 4.69) is 24.5 Å². The highest BCUT2D eigenvalue weighted by atomic mass is 35.5. The number of carbonyl (C=O) groups excluding carboxylic acids is 2. The van der Waals surface area contributed by atoms with Crippen molar-refractivity contribution in [3.63, 3.8) is 0 Å². The number of urea groups is 1. The Morgan fingerprint density at radius 3 is 2.61 bits per heavy atom. The summed E-state index contributed by atoms with van der Waals surface area (Å²) in [5.74, 6) is 0.0653. The number of ketones is 1. The van der Waals surface area contributed by atoms with Gasteiger partial charge in [-0.2, -0.15) is 0 Å². The van der Waals surface area contributed by atoms with Crippen molar-refractivity contribution in [1.29, 1.82) is 0 Å². The number of amides is 2. The van der Waals surface area contributed by atoms with E-state index in [1.807, 2.05) is 53.9 Å². The Labute approximate surface area is 202 Å². The molecular formula is C26H24ClN3O2S. The zero-order chi connectivity index (χ0) is 23.2. The summed E-state index contributed by atoms with van der Waals surface area (Å²) in [5, 5.41) is 8.91. The van der Waals surface area contributed by atoms with Crippen LogP contribution in [0.25, 0.3) is 0 Å². The number of hydrogen-bond acceptors (Lipinski definition) is 4. The first kappa shape index (κ1) is 21.7. The average Bonchev–Trinajstić information content (AvgIpc) is 3.24. The van der Waals surface area contributed by atoms with Crippen LogP contribution in [-0.2, 0) is 4.79 Å². The lowest BCUT2D eigenvalue weighted by atomic mass is 9.74. The van der Waals surface area contributed by atoms with Crippen LogP contribution in [-0.4, -0.2) is 11.8 Å². The molecule has 1 aromatic heterocycles. The van der Waals surface area contributed by atoms with Gasteiger partial charge in [0.15, 0.2) is 5.78 Å². The predicted octanol–water partition coefficient (Wildman–Crippen LogP) is 7.25. The minimum atomic E-state index is -0.540. The fourth-order valence-corrected chi connectivity index (χ4v) is 5.67. The second-order valence-electron chi connectivity index (χ2n) is 9.17. The SMILES string of the molecule is CC1(C)CC(=O)C2=C(C1)Nc1ccccc1N(C(=O)Nc1ccccc1Cl)C2c1cccs1. The number of carbonyl (C=O) groups is 2. The maximum absolute atomic E-state index is 13.8. The number of allylic oxidation sites excluding steroid dienone is 1. The molecule has 0 spiro atoms. The van der Waals surface area contributed by atoms with E-state index < -0.39 is 6.04 Å². The van der Waals surface area contributed by atoms with Gasteiger partial charge in [0.1, 0.15) is 6.04 Å². The Balaban J connectivity index is 1.70. The number of thiophene rings is 1. The largest absolute Gasteiger partial charge is 0.357 e. The van der Waals surface area contributed by atoms with E-state index in [-0.39, 0.29) is 17.2 Å². The molecule has 0 radical (unpaired) electrons. The lowest BCUT2D eigenvalue weighted by Gasteiger charge is -2.36. The Morgan fingerprint density at radius 2 is 1.85 bits per heavy atom. The fraction of sp³-hybridized carbons (Fsp3) is 0.231. The summed E-state index contributed by atoms with van der Waals surface area (Å²) in [6.07, 6.45) is 1.16. The van der Waals surface area contributed by atoms with Crippen molar-refractivity contribution in [2.24, 2.45) is 5.41 Å². The van der Waals surface area contributed by atoms with Gasteiger partial charge in [0.25, 0.3) is 0 Å². The van der Waals surface area contributed by atoms with Crippen LogP contribution in [0.15, 0.2) is 77.3 Å². The van der Waals surface area contributed by atoms with Crippen LogP contribution >= 0.6 is 22.9 Å². The summed E-state index contributed by atoms with van der Waals surface area (Å²) in [4.78, 5) is 30.0. The van der Waals surface area contributed by atoms with Crippen LogP contribution in [0.4, 0.5) is 21.9 Å². The molecule has 5 rings (SSSR count). The molecular weight excluding hydrogens is 454 g/mol. The number of benzene rings is 2. The number of halogens is 1. The summed E-state index contributed by atoms with van der Waals surface area (Å²) in [6.45, 7) is 4.21. The maximum Gasteiger partial charge on any atom is 0.327 e. The molecule has 1 unspecified atom stereocenters. The smallest absolute Gasteiger partial charge is 0.327 e. The third kappa shape index (κ3) is 4.05. The number of Topliss-reactive ketones (excluding diaryl/α,β-unsaturated/α-hetero) is 1. The third-order valence-electron chi connectivity index (χ3n) is 6.05. The molecule has 1 aliphatic carbocycles. The number of para-hydroxylation sites is 3. The molecule has 0 bridgehead atoms. The van der Waals surface area contributed by atoms with Gasteiger partial charge in [-0.25, -0.2) is 4.79 Å². The van der Waals surface area contributed by atoms with Gasteiger partial charge in [-0.1, -0.05) is 55.8 Å². The van der Waals surface area contributed by atoms with Crippen molar-refractivity contribution < 1.29 is 9.59 Å². The van der Waals surface area contributed by atoms with Crippen molar-refractivity contribution in [2.45, 2.75) is 32.7 Å². The molecule has 168 valence electrons. The van der Waals surface area contributed by atoms with E-state index in [0.717, 1.165) is 22.7 Å². The first-order valence-corrected chi connectivity index (χ1v) is 12.1. The first-order valence-electron chi connectivity index (χ1n) is 10.8. The van der Waals surface area contributed by atoms with Gasteiger partial charge < -0.3 is 10.6 Å². The van der Waals surface area contributed by atoms with E-state index in [1.54, 1.807) is 17.0 Å². The van der Waals surface area contributed by atoms with Crippen molar-refractivity contribution >= 4 is 51.8 Å². The van der Waals surface area contributed by atoms with Crippen LogP contribution in [0, 0.1) is 5.41 Å². The highest BCUT2D eigenvalue weighted by Crippen LogP contribution is 2.49. The molecule has 0 saturated heterocycles. The topological polar surface area (TPSA) is 61.4 Å². The predicted molar refractivity (Wildman–Crippen MR) is 135 cm³/mol. The second-order valence-corrected chi connectivity index (χ2v) is 10.6. The van der Waals surface area contributed by atoms with Crippen LogP contribution in [0.5, 0.6) is 0 Å². The molecule has 1 aliphatic heterocycles. The Bertz CT molecular complexity index is 1270. The fourth-order valence-electron chi connectivity index (χ4n) is 4.66. The van der Waals surface area contributed by atoms with Gasteiger partial charge in [-0.05, 0) is 47.5 Å². The quantitative estimate of drug-likeness (QED) is 0.408. The van der Waals surface area contributed by atoms with E-state index >= 15 is 0 Å². The van der Waals surface area contributed by atoms with Gasteiger partial charge in [0, 0.05) is 22.6 Å². The first-order chi connectivity index (χ1) is 15.8. The molecule has 2 amide bonds. The molecule has 1 atom stereocenters. The van der Waals surface area contributed by atoms with E-state index in [9.17, 15) is 9.59 Å². The van der Waals surface area contributed by atoms with Crippen LogP contribution < -0.4 is 15.5 Å². The zero-order valence-corrected chi connectivity index (χ0v) is 20.0. The summed E-state index contributed by atoms with van der Waals surface area (Å²) in [5.41, 5.74) is 3.41. The summed E-state index contributed by atoms with van der Waals surface area (Å²) < 4.78 is 0. The standard InChI is InChI=1S/C26H24ClN3O2S/c1-26(2)14-19-23(21(31)15-26)24(22-12-7-13-33-22)30(20-11-6-5-10-18(20)28-19)25(32)29-17-9-4-3-8-16(17)27/h3-13,24,28H,14-15H2,1-2H3,(H,29,32). The van der Waals surface area contributed by atoms with Crippen molar-refractivity contribution in [3.8, 4) is 0 Å². The summed E-state index contributed by atoms with van der Waals surface area (Å²) >= 11 is 7.87. The van der Waals surface area contributed by atoms with E-state index in [0.29, 0.717) is 28.4 Å². The van der Waals surface area contributed by atoms with E-state index in [4.69, 9.17) is 11.6 Å². The Kier molecular flexibility index (Phi) is 5.51. The van der Waals surface area contributed by atoms with Gasteiger partial charge in [-0.15, -0.1) is 11.3 Å². The lowest BCUT2D eigenvalue weighted by Crippen LogP contribution is -2.41. The molecule has 2 heterocycles. The number of nitrogens with one attached hydrogen (secondary N) is 2. The van der Waals surface area contributed by atoms with Gasteiger partial charge >= 0.3 is 6.03 Å². The normalized spacial score (nSPS) is 19.3. The minimum Gasteiger partial charge on any atom is -0.357 e. The molecule has 2 N–H and O–H groups in total. The number of anilines is 3. The molecule has 5 nitrogen and oxygen atoms in total. The molecule has 7 heteroatoms. The number of hydrogen-bond donors (Lipinski definition) is 2. The summed E-state index contributed by atoms with van der Waals surface area (Å²) in [7, 11) is 0. The van der Waals surface area contributed by atoms with Crippen LogP contribution in [0.1, 0.15) is 37.6 Å². The third-order valence-corrected chi connectivity index (χ3v) is 7.30. The molecule has 0 fully saturated rings. The number of rotatable bonds is 2. The van der Waals surface area contributed by atoms with E-state index in [1.165, 1.54) is 11.3 Å². The Morgan fingerprint density at radius 1 is 1.09 bits per heavy atom. The van der Waals surface area contributed by atoms with Crippen molar-refractivity contribution in [1.82, 2.24) is 0 Å². The van der Waals surface area contributed by atoms with Gasteiger partial charge in [0.2, 0.25) is 0 Å². The van der Waals surface area contributed by atoms with Crippen molar-refractivity contribution in [3.05, 3.63) is 87.2 Å². The molecule has 0 saturated carbocycles.